The Labute approximate surface area is 98.2 Å². The molecule has 86 valence electrons. The van der Waals surface area contributed by atoms with Crippen molar-refractivity contribution in [1.29, 1.82) is 0 Å². The van der Waals surface area contributed by atoms with E-state index in [9.17, 15) is 4.79 Å². The lowest BCUT2D eigenvalue weighted by atomic mass is 10.2. The molecule has 0 radical (unpaired) electrons. The van der Waals surface area contributed by atoms with E-state index in [1.165, 1.54) is 6.20 Å². The molecule has 2 aromatic rings. The smallest absolute Gasteiger partial charge is 0.374 e. The van der Waals surface area contributed by atoms with Crippen molar-refractivity contribution in [2.45, 2.75) is 6.92 Å². The molecular formula is C12H11N3O2. The van der Waals surface area contributed by atoms with E-state index in [2.05, 4.69) is 15.3 Å². The van der Waals surface area contributed by atoms with E-state index in [1.807, 2.05) is 31.2 Å². The fourth-order valence-corrected chi connectivity index (χ4v) is 1.40. The number of carbonyl (C=O) groups is 1. The van der Waals surface area contributed by atoms with Crippen molar-refractivity contribution in [3.63, 3.8) is 0 Å². The van der Waals surface area contributed by atoms with Crippen molar-refractivity contribution in [3.05, 3.63) is 47.9 Å². The Balaban J connectivity index is 2.24. The maximum Gasteiger partial charge on any atom is 0.374 e. The van der Waals surface area contributed by atoms with Gasteiger partial charge < -0.3 is 10.4 Å². The molecular weight excluding hydrogens is 218 g/mol. The normalized spacial score (nSPS) is 9.94. The summed E-state index contributed by atoms with van der Waals surface area (Å²) in [5.41, 5.74) is 1.97. The topological polar surface area (TPSA) is 75.1 Å². The predicted molar refractivity (Wildman–Crippen MR) is 63.5 cm³/mol. The second kappa shape index (κ2) is 4.61. The van der Waals surface area contributed by atoms with Gasteiger partial charge in [0.15, 0.2) is 0 Å². The van der Waals surface area contributed by atoms with Gasteiger partial charge in [0.05, 0.1) is 0 Å². The molecule has 0 atom stereocenters. The maximum atomic E-state index is 10.7. The van der Waals surface area contributed by atoms with Crippen molar-refractivity contribution in [2.24, 2.45) is 0 Å². The summed E-state index contributed by atoms with van der Waals surface area (Å²) < 4.78 is 0. The summed E-state index contributed by atoms with van der Waals surface area (Å²) in [6, 6.07) is 9.34. The van der Waals surface area contributed by atoms with E-state index in [-0.39, 0.29) is 5.82 Å². The summed E-state index contributed by atoms with van der Waals surface area (Å²) in [6.45, 7) is 1.98. The van der Waals surface area contributed by atoms with E-state index < -0.39 is 5.97 Å². The molecule has 5 heteroatoms. The van der Waals surface area contributed by atoms with Crippen LogP contribution in [0.2, 0.25) is 0 Å². The van der Waals surface area contributed by atoms with Crippen LogP contribution in [0, 0.1) is 6.92 Å². The molecule has 0 fully saturated rings. The lowest BCUT2D eigenvalue weighted by molar-refractivity contribution is 0.0683. The number of aryl methyl sites for hydroxylation is 1. The number of nitrogens with zero attached hydrogens (tertiary/aromatic N) is 2. The minimum absolute atomic E-state index is 0.220. The maximum absolute atomic E-state index is 10.7. The van der Waals surface area contributed by atoms with E-state index >= 15 is 0 Å². The van der Waals surface area contributed by atoms with Gasteiger partial charge in [0.2, 0.25) is 5.82 Å². The average Bonchev–Trinajstić information content (AvgIpc) is 2.29. The molecule has 0 aliphatic heterocycles. The zero-order valence-electron chi connectivity index (χ0n) is 9.21. The van der Waals surface area contributed by atoms with Gasteiger partial charge in [0.1, 0.15) is 5.82 Å². The van der Waals surface area contributed by atoms with Crippen LogP contribution in [0.4, 0.5) is 11.5 Å². The molecule has 0 aliphatic carbocycles. The van der Waals surface area contributed by atoms with Gasteiger partial charge in [0.25, 0.3) is 0 Å². The lowest BCUT2D eigenvalue weighted by Gasteiger charge is -2.06. The standard InChI is InChI=1S/C12H11N3O2/c1-8-3-2-4-9(7-8)14-10-5-6-13-11(15-10)12(16)17/h2-7H,1H3,(H,16,17)(H,13,14,15). The molecule has 0 unspecified atom stereocenters. The van der Waals surface area contributed by atoms with Crippen molar-refractivity contribution in [3.8, 4) is 0 Å². The van der Waals surface area contributed by atoms with Gasteiger partial charge in [-0.05, 0) is 30.7 Å². The zero-order valence-corrected chi connectivity index (χ0v) is 9.21. The Hall–Kier alpha value is -2.43. The van der Waals surface area contributed by atoms with E-state index in [0.717, 1.165) is 11.3 Å². The molecule has 1 aromatic heterocycles. The first kappa shape index (κ1) is 11.1. The number of carboxylic acid groups (broad SMARTS) is 1. The number of anilines is 2. The molecule has 1 aromatic carbocycles. The minimum atomic E-state index is -1.14. The monoisotopic (exact) mass is 229 g/mol. The average molecular weight is 229 g/mol. The molecule has 5 nitrogen and oxygen atoms in total. The number of benzene rings is 1. The highest BCUT2D eigenvalue weighted by Crippen LogP contribution is 2.15. The van der Waals surface area contributed by atoms with Gasteiger partial charge in [-0.15, -0.1) is 0 Å². The van der Waals surface area contributed by atoms with E-state index in [1.54, 1.807) is 6.07 Å². The predicted octanol–water partition coefficient (Wildman–Crippen LogP) is 2.23. The number of aromatic carboxylic acids is 1. The number of rotatable bonds is 3. The summed E-state index contributed by atoms with van der Waals surface area (Å²) >= 11 is 0. The first-order chi connectivity index (χ1) is 8.15. The van der Waals surface area contributed by atoms with Gasteiger partial charge >= 0.3 is 5.97 Å². The van der Waals surface area contributed by atoms with Crippen LogP contribution < -0.4 is 5.32 Å². The molecule has 0 saturated carbocycles. The Morgan fingerprint density at radius 2 is 2.18 bits per heavy atom. The second-order valence-corrected chi connectivity index (χ2v) is 3.57. The summed E-state index contributed by atoms with van der Waals surface area (Å²) in [5, 5.41) is 11.8. The van der Waals surface area contributed by atoms with Crippen LogP contribution in [-0.4, -0.2) is 21.0 Å². The number of nitrogens with one attached hydrogen (secondary N) is 1. The van der Waals surface area contributed by atoms with Gasteiger partial charge in [-0.2, -0.15) is 0 Å². The molecule has 0 saturated heterocycles. The van der Waals surface area contributed by atoms with Crippen LogP contribution in [0.15, 0.2) is 36.5 Å². The van der Waals surface area contributed by atoms with Crippen LogP contribution in [-0.2, 0) is 0 Å². The number of carboxylic acids is 1. The largest absolute Gasteiger partial charge is 0.475 e. The van der Waals surface area contributed by atoms with Crippen molar-refractivity contribution >= 4 is 17.5 Å². The third-order valence-corrected chi connectivity index (χ3v) is 2.14. The molecule has 0 bridgehead atoms. The van der Waals surface area contributed by atoms with Gasteiger partial charge in [0, 0.05) is 11.9 Å². The first-order valence-electron chi connectivity index (χ1n) is 5.05. The van der Waals surface area contributed by atoms with E-state index in [4.69, 9.17) is 5.11 Å². The third-order valence-electron chi connectivity index (χ3n) is 2.14. The highest BCUT2D eigenvalue weighted by atomic mass is 16.4. The van der Waals surface area contributed by atoms with Crippen LogP contribution >= 0.6 is 0 Å². The molecule has 2 N–H and O–H groups in total. The number of hydrogen-bond donors (Lipinski definition) is 2. The Morgan fingerprint density at radius 1 is 1.35 bits per heavy atom. The third kappa shape index (κ3) is 2.78. The Morgan fingerprint density at radius 3 is 2.88 bits per heavy atom. The number of hydrogen-bond acceptors (Lipinski definition) is 4. The molecule has 0 amide bonds. The highest BCUT2D eigenvalue weighted by Gasteiger charge is 2.06. The SMILES string of the molecule is Cc1cccc(Nc2ccnc(C(=O)O)n2)c1. The van der Waals surface area contributed by atoms with Crippen LogP contribution in [0.5, 0.6) is 0 Å². The van der Waals surface area contributed by atoms with Crippen LogP contribution in [0.25, 0.3) is 0 Å². The van der Waals surface area contributed by atoms with Gasteiger partial charge in [-0.1, -0.05) is 12.1 Å². The van der Waals surface area contributed by atoms with Crippen LogP contribution in [0.3, 0.4) is 0 Å². The molecule has 0 spiro atoms. The summed E-state index contributed by atoms with van der Waals surface area (Å²) in [5.74, 6) is -0.899. The van der Waals surface area contributed by atoms with E-state index in [0.29, 0.717) is 5.82 Å². The highest BCUT2D eigenvalue weighted by molar-refractivity contribution is 5.83. The minimum Gasteiger partial charge on any atom is -0.475 e. The fraction of sp³-hybridized carbons (Fsp3) is 0.0833. The van der Waals surface area contributed by atoms with Crippen LogP contribution in [0.1, 0.15) is 16.2 Å². The summed E-state index contributed by atoms with van der Waals surface area (Å²) in [7, 11) is 0. The van der Waals surface area contributed by atoms with Crippen molar-refractivity contribution < 1.29 is 9.90 Å². The molecule has 17 heavy (non-hydrogen) atoms. The first-order valence-corrected chi connectivity index (χ1v) is 5.05. The summed E-state index contributed by atoms with van der Waals surface area (Å²) in [6.07, 6.45) is 1.41. The second-order valence-electron chi connectivity index (χ2n) is 3.57. The van der Waals surface area contributed by atoms with Crippen molar-refractivity contribution in [2.75, 3.05) is 5.32 Å². The van der Waals surface area contributed by atoms with Gasteiger partial charge in [-0.3, -0.25) is 0 Å². The fourth-order valence-electron chi connectivity index (χ4n) is 1.40. The zero-order chi connectivity index (χ0) is 12.3. The molecule has 2 rings (SSSR count). The van der Waals surface area contributed by atoms with Crippen molar-refractivity contribution in [1.82, 2.24) is 9.97 Å². The Bertz CT molecular complexity index is 555. The van der Waals surface area contributed by atoms with Gasteiger partial charge in [-0.25, -0.2) is 14.8 Å². The summed E-state index contributed by atoms with van der Waals surface area (Å²) in [4.78, 5) is 18.2. The quantitative estimate of drug-likeness (QED) is 0.844. The number of aromatic nitrogens is 2. The Kier molecular flexibility index (Phi) is 3.00. The lowest BCUT2D eigenvalue weighted by Crippen LogP contribution is -2.05. The molecule has 1 heterocycles. The molecule has 0 aliphatic rings.